The van der Waals surface area contributed by atoms with Crippen LogP contribution in [0.4, 0.5) is 0 Å². The summed E-state index contributed by atoms with van der Waals surface area (Å²) in [5.74, 6) is 0.670. The number of aryl methyl sites for hydroxylation is 1. The van der Waals surface area contributed by atoms with E-state index in [9.17, 15) is 4.79 Å². The Morgan fingerprint density at radius 2 is 2.00 bits per heavy atom. The van der Waals surface area contributed by atoms with Gasteiger partial charge in [0.25, 0.3) is 5.89 Å². The molecule has 1 amide bonds. The van der Waals surface area contributed by atoms with Gasteiger partial charge in [-0.1, -0.05) is 36.4 Å². The predicted octanol–water partition coefficient (Wildman–Crippen LogP) is 3.43. The zero-order valence-corrected chi connectivity index (χ0v) is 18.4. The smallest absolute Gasteiger partial charge is 0.266 e. The van der Waals surface area contributed by atoms with E-state index in [1.165, 1.54) is 5.56 Å². The van der Waals surface area contributed by atoms with Crippen molar-refractivity contribution in [2.45, 2.75) is 32.9 Å². The normalized spacial score (nSPS) is 13.2. The molecule has 0 aliphatic heterocycles. The third-order valence-corrected chi connectivity index (χ3v) is 5.56. The Bertz CT molecular complexity index is 1360. The summed E-state index contributed by atoms with van der Waals surface area (Å²) < 4.78 is 7.88. The van der Waals surface area contributed by atoms with Crippen molar-refractivity contribution in [3.8, 4) is 28.7 Å². The Balaban J connectivity index is 1.47. The highest BCUT2D eigenvalue weighted by atomic mass is 16.4. The van der Waals surface area contributed by atoms with Gasteiger partial charge < -0.3 is 15.5 Å². The van der Waals surface area contributed by atoms with Gasteiger partial charge in [-0.3, -0.25) is 4.79 Å². The van der Waals surface area contributed by atoms with Crippen LogP contribution in [0.3, 0.4) is 0 Å². The molecule has 2 heterocycles. The molecule has 1 aliphatic rings. The van der Waals surface area contributed by atoms with Gasteiger partial charge in [-0.15, -0.1) is 10.2 Å². The third kappa shape index (κ3) is 4.08. The largest absolute Gasteiger partial charge is 0.415 e. The van der Waals surface area contributed by atoms with E-state index in [0.717, 1.165) is 34.5 Å². The number of nitrogens with two attached hydrogens (primary N) is 1. The zero-order chi connectivity index (χ0) is 22.9. The fourth-order valence-electron chi connectivity index (χ4n) is 3.91. The molecule has 0 bridgehead atoms. The predicted molar refractivity (Wildman–Crippen MR) is 125 cm³/mol. The molecule has 0 spiro atoms. The molecular formula is C25H24N6O2. The molecule has 166 valence electrons. The lowest BCUT2D eigenvalue weighted by atomic mass is 10.0. The fourth-order valence-corrected chi connectivity index (χ4v) is 3.91. The third-order valence-electron chi connectivity index (χ3n) is 5.56. The van der Waals surface area contributed by atoms with Gasteiger partial charge in [0.2, 0.25) is 11.8 Å². The maximum absolute atomic E-state index is 11.8. The van der Waals surface area contributed by atoms with Crippen LogP contribution in [0.15, 0.2) is 59.0 Å². The topological polar surface area (TPSA) is 112 Å². The van der Waals surface area contributed by atoms with Gasteiger partial charge in [0.15, 0.2) is 0 Å². The highest BCUT2D eigenvalue weighted by Gasteiger charge is 2.20. The second kappa shape index (κ2) is 8.48. The minimum Gasteiger partial charge on any atom is -0.415 e. The lowest BCUT2D eigenvalue weighted by Crippen LogP contribution is -2.37. The van der Waals surface area contributed by atoms with Gasteiger partial charge in [0.05, 0.1) is 17.4 Å². The van der Waals surface area contributed by atoms with Crippen molar-refractivity contribution in [2.75, 3.05) is 0 Å². The first-order chi connectivity index (χ1) is 16.0. The first-order valence-electron chi connectivity index (χ1n) is 10.8. The minimum atomic E-state index is -0.554. The Hall–Kier alpha value is -4.04. The summed E-state index contributed by atoms with van der Waals surface area (Å²) >= 11 is 0. The van der Waals surface area contributed by atoms with E-state index >= 15 is 0 Å². The van der Waals surface area contributed by atoms with E-state index < -0.39 is 6.04 Å². The van der Waals surface area contributed by atoms with Crippen LogP contribution < -0.4 is 11.1 Å². The van der Waals surface area contributed by atoms with Gasteiger partial charge in [0, 0.05) is 12.1 Å². The number of carbonyl (C=O) groups excluding carboxylic acids is 1. The van der Waals surface area contributed by atoms with E-state index in [1.807, 2.05) is 49.4 Å². The van der Waals surface area contributed by atoms with Gasteiger partial charge in [-0.05, 0) is 61.2 Å². The monoisotopic (exact) mass is 440 g/mol. The molecule has 0 saturated carbocycles. The van der Waals surface area contributed by atoms with Crippen LogP contribution in [-0.2, 0) is 17.8 Å². The van der Waals surface area contributed by atoms with Crippen molar-refractivity contribution in [2.24, 2.45) is 5.73 Å². The number of hydrogen-bond acceptors (Lipinski definition) is 6. The van der Waals surface area contributed by atoms with Crippen molar-refractivity contribution in [1.82, 2.24) is 25.3 Å². The number of nitrogens with zero attached hydrogens (tertiary/aromatic N) is 4. The van der Waals surface area contributed by atoms with Crippen molar-refractivity contribution in [3.05, 3.63) is 77.0 Å². The molecule has 33 heavy (non-hydrogen) atoms. The summed E-state index contributed by atoms with van der Waals surface area (Å²) in [4.78, 5) is 11.8. The van der Waals surface area contributed by atoms with E-state index in [2.05, 4.69) is 38.8 Å². The molecule has 2 aromatic carbocycles. The number of nitrogens with one attached hydrogen (secondary N) is 1. The number of fused-ring (bicyclic) bond motifs is 1. The van der Waals surface area contributed by atoms with Crippen LogP contribution in [0.2, 0.25) is 0 Å². The van der Waals surface area contributed by atoms with E-state index in [4.69, 9.17) is 10.2 Å². The van der Waals surface area contributed by atoms with Crippen molar-refractivity contribution in [3.63, 3.8) is 0 Å². The van der Waals surface area contributed by atoms with E-state index in [-0.39, 0.29) is 5.91 Å². The Morgan fingerprint density at radius 3 is 2.85 bits per heavy atom. The number of hydrogen-bond donors (Lipinski definition) is 2. The molecule has 0 radical (unpaired) electrons. The average Bonchev–Trinajstić information content (AvgIpc) is 3.56. The Kier molecular flexibility index (Phi) is 5.35. The fraction of sp³-hybridized carbons (Fsp3) is 0.200. The molecule has 8 nitrogen and oxygen atoms in total. The minimum absolute atomic E-state index is 0.198. The summed E-state index contributed by atoms with van der Waals surface area (Å²) in [5, 5.41) is 16.1. The van der Waals surface area contributed by atoms with Crippen LogP contribution in [0.25, 0.3) is 34.8 Å². The Morgan fingerprint density at radius 1 is 1.18 bits per heavy atom. The van der Waals surface area contributed by atoms with Crippen LogP contribution in [0, 0.1) is 6.92 Å². The van der Waals surface area contributed by atoms with Crippen molar-refractivity contribution in [1.29, 1.82) is 0 Å². The van der Waals surface area contributed by atoms with Crippen LogP contribution >= 0.6 is 0 Å². The molecule has 1 aliphatic carbocycles. The van der Waals surface area contributed by atoms with Crippen LogP contribution in [0.1, 0.15) is 29.3 Å². The van der Waals surface area contributed by atoms with E-state index in [0.29, 0.717) is 24.0 Å². The quantitative estimate of drug-likeness (QED) is 0.475. The van der Waals surface area contributed by atoms with Gasteiger partial charge in [-0.25, -0.2) is 4.68 Å². The number of aromatic nitrogens is 4. The number of carbonyl (C=O) groups is 1. The zero-order valence-electron chi connectivity index (χ0n) is 18.4. The van der Waals surface area contributed by atoms with Crippen molar-refractivity contribution < 1.29 is 9.21 Å². The molecule has 4 aromatic rings. The number of allylic oxidation sites excluding steroid dienone is 1. The molecule has 1 atom stereocenters. The summed E-state index contributed by atoms with van der Waals surface area (Å²) in [7, 11) is 0. The molecule has 0 saturated heterocycles. The molecule has 2 aromatic heterocycles. The van der Waals surface area contributed by atoms with E-state index in [1.54, 1.807) is 11.6 Å². The van der Waals surface area contributed by atoms with Gasteiger partial charge in [-0.2, -0.15) is 5.10 Å². The van der Waals surface area contributed by atoms with Crippen LogP contribution in [0.5, 0.6) is 0 Å². The summed E-state index contributed by atoms with van der Waals surface area (Å²) in [6.07, 6.45) is 5.14. The summed E-state index contributed by atoms with van der Waals surface area (Å²) in [5.41, 5.74) is 12.2. The number of rotatable bonds is 6. The summed E-state index contributed by atoms with van der Waals surface area (Å²) in [6, 6.07) is 15.2. The highest BCUT2D eigenvalue weighted by Crippen LogP contribution is 2.32. The second-order valence-corrected chi connectivity index (χ2v) is 8.16. The molecule has 8 heteroatoms. The van der Waals surface area contributed by atoms with Crippen LogP contribution in [-0.4, -0.2) is 31.9 Å². The second-order valence-electron chi connectivity index (χ2n) is 8.16. The molecule has 0 fully saturated rings. The van der Waals surface area contributed by atoms with Gasteiger partial charge in [0.1, 0.15) is 5.69 Å². The molecule has 3 N–H and O–H groups in total. The Labute approximate surface area is 191 Å². The lowest BCUT2D eigenvalue weighted by molar-refractivity contribution is -0.122. The molecule has 5 rings (SSSR count). The standard InChI is InChI=1S/C25H24N6O2/c1-15-12-22(25-29-28-24(33-25)21-11-5-8-18-7-4-10-20(18)21)31(30-15)19-9-3-6-17(13-19)14-27-23(32)16(2)26/h3-6,8-13,16H,7,14,26H2,1-2H3,(H,27,32)/t16-/m1/s1. The highest BCUT2D eigenvalue weighted by molar-refractivity contribution is 5.81. The maximum Gasteiger partial charge on any atom is 0.266 e. The first kappa shape index (κ1) is 20.8. The lowest BCUT2D eigenvalue weighted by Gasteiger charge is -2.10. The number of benzene rings is 2. The van der Waals surface area contributed by atoms with Crippen molar-refractivity contribution >= 4 is 12.0 Å². The van der Waals surface area contributed by atoms with Gasteiger partial charge >= 0.3 is 0 Å². The first-order valence-corrected chi connectivity index (χ1v) is 10.8. The maximum atomic E-state index is 11.8. The molecule has 0 unspecified atom stereocenters. The SMILES string of the molecule is Cc1cc(-c2nnc(-c3cccc4c3C=CC4)o2)n(-c2cccc(CNC(=O)[C@@H](C)N)c2)n1. The summed E-state index contributed by atoms with van der Waals surface area (Å²) in [6.45, 7) is 3.95. The average molecular weight is 441 g/mol. The molecular weight excluding hydrogens is 416 g/mol. The number of amides is 1.